The van der Waals surface area contributed by atoms with E-state index in [1.165, 1.54) is 11.0 Å². The summed E-state index contributed by atoms with van der Waals surface area (Å²) in [6, 6.07) is 6.99. The van der Waals surface area contributed by atoms with Crippen molar-refractivity contribution in [3.63, 3.8) is 0 Å². The fourth-order valence-electron chi connectivity index (χ4n) is 1.59. The maximum absolute atomic E-state index is 12.0. The van der Waals surface area contributed by atoms with Gasteiger partial charge >= 0.3 is 0 Å². The fourth-order valence-corrected chi connectivity index (χ4v) is 1.59. The van der Waals surface area contributed by atoms with Crippen LogP contribution in [0.1, 0.15) is 24.2 Å². The standard InChI is InChI=1S/C13H18N6O/c1-9(2)12(14)7-15-13(20)10-3-5-11(6-4-10)19-8-16-17-18-19/h3-6,8-9,12H,7,14H2,1-2H3,(H,15,20). The van der Waals surface area contributed by atoms with E-state index in [0.29, 0.717) is 18.0 Å². The molecule has 0 radical (unpaired) electrons. The van der Waals surface area contributed by atoms with Gasteiger partial charge in [-0.3, -0.25) is 4.79 Å². The third-order valence-electron chi connectivity index (χ3n) is 3.10. The monoisotopic (exact) mass is 274 g/mol. The van der Waals surface area contributed by atoms with E-state index in [0.717, 1.165) is 5.69 Å². The van der Waals surface area contributed by atoms with E-state index in [-0.39, 0.29) is 11.9 Å². The minimum Gasteiger partial charge on any atom is -0.350 e. The molecule has 1 aromatic carbocycles. The van der Waals surface area contributed by atoms with Gasteiger partial charge in [0.05, 0.1) is 5.69 Å². The second kappa shape index (κ2) is 6.25. The van der Waals surface area contributed by atoms with Gasteiger partial charge < -0.3 is 11.1 Å². The summed E-state index contributed by atoms with van der Waals surface area (Å²) in [6.45, 7) is 4.51. The first-order chi connectivity index (χ1) is 9.58. The number of tetrazole rings is 1. The van der Waals surface area contributed by atoms with Crippen LogP contribution < -0.4 is 11.1 Å². The molecule has 0 saturated carbocycles. The highest BCUT2D eigenvalue weighted by Gasteiger charge is 2.11. The molecule has 0 saturated heterocycles. The predicted octanol–water partition coefficient (Wildman–Crippen LogP) is 0.375. The minimum atomic E-state index is -0.135. The van der Waals surface area contributed by atoms with Gasteiger partial charge in [0, 0.05) is 18.2 Å². The number of aromatic nitrogens is 4. The Balaban J connectivity index is 1.98. The van der Waals surface area contributed by atoms with Crippen LogP contribution in [0.15, 0.2) is 30.6 Å². The van der Waals surface area contributed by atoms with Gasteiger partial charge in [0.15, 0.2) is 0 Å². The molecule has 1 atom stereocenters. The second-order valence-electron chi connectivity index (χ2n) is 4.92. The Morgan fingerprint density at radius 2 is 2.05 bits per heavy atom. The van der Waals surface area contributed by atoms with Crippen molar-refractivity contribution >= 4 is 5.91 Å². The minimum absolute atomic E-state index is 0.0422. The third kappa shape index (κ3) is 3.39. The summed E-state index contributed by atoms with van der Waals surface area (Å²) in [6.07, 6.45) is 1.50. The number of benzene rings is 1. The van der Waals surface area contributed by atoms with E-state index in [4.69, 9.17) is 5.73 Å². The summed E-state index contributed by atoms with van der Waals surface area (Å²) in [5.41, 5.74) is 7.27. The maximum atomic E-state index is 12.0. The van der Waals surface area contributed by atoms with Crippen molar-refractivity contribution in [2.24, 2.45) is 11.7 Å². The van der Waals surface area contributed by atoms with Gasteiger partial charge in [-0.2, -0.15) is 0 Å². The highest BCUT2D eigenvalue weighted by molar-refractivity contribution is 5.94. The molecule has 1 aromatic heterocycles. The van der Waals surface area contributed by atoms with Crippen molar-refractivity contribution in [1.29, 1.82) is 0 Å². The molecule has 7 heteroatoms. The van der Waals surface area contributed by atoms with Gasteiger partial charge in [-0.25, -0.2) is 4.68 Å². The van der Waals surface area contributed by atoms with Gasteiger partial charge in [-0.15, -0.1) is 5.10 Å². The predicted molar refractivity (Wildman–Crippen MR) is 74.3 cm³/mol. The molecule has 1 unspecified atom stereocenters. The van der Waals surface area contributed by atoms with Crippen LogP contribution in [0.25, 0.3) is 5.69 Å². The second-order valence-corrected chi connectivity index (χ2v) is 4.92. The van der Waals surface area contributed by atoms with Crippen LogP contribution >= 0.6 is 0 Å². The normalized spacial score (nSPS) is 12.4. The van der Waals surface area contributed by atoms with Gasteiger partial charge in [-0.05, 0) is 40.6 Å². The van der Waals surface area contributed by atoms with E-state index in [1.54, 1.807) is 24.3 Å². The van der Waals surface area contributed by atoms with E-state index in [9.17, 15) is 4.79 Å². The number of amides is 1. The summed E-state index contributed by atoms with van der Waals surface area (Å²) >= 11 is 0. The topological polar surface area (TPSA) is 98.7 Å². The van der Waals surface area contributed by atoms with Gasteiger partial charge in [0.1, 0.15) is 6.33 Å². The highest BCUT2D eigenvalue weighted by atomic mass is 16.1. The Hall–Kier alpha value is -2.28. The van der Waals surface area contributed by atoms with Crippen LogP contribution in [0.3, 0.4) is 0 Å². The molecular weight excluding hydrogens is 256 g/mol. The lowest BCUT2D eigenvalue weighted by molar-refractivity contribution is 0.0949. The van der Waals surface area contributed by atoms with Gasteiger partial charge in [-0.1, -0.05) is 13.8 Å². The zero-order valence-corrected chi connectivity index (χ0v) is 11.5. The summed E-state index contributed by atoms with van der Waals surface area (Å²) in [5, 5.41) is 13.7. The van der Waals surface area contributed by atoms with Crippen molar-refractivity contribution in [3.05, 3.63) is 36.2 Å². The molecule has 1 amide bonds. The summed E-state index contributed by atoms with van der Waals surface area (Å²) in [5.74, 6) is 0.196. The van der Waals surface area contributed by atoms with Crippen LogP contribution in [0.2, 0.25) is 0 Å². The average molecular weight is 274 g/mol. The van der Waals surface area contributed by atoms with Crippen LogP contribution in [-0.2, 0) is 0 Å². The van der Waals surface area contributed by atoms with Crippen LogP contribution in [-0.4, -0.2) is 38.7 Å². The summed E-state index contributed by atoms with van der Waals surface area (Å²) < 4.78 is 1.52. The Labute approximate surface area is 117 Å². The smallest absolute Gasteiger partial charge is 0.251 e. The zero-order valence-electron chi connectivity index (χ0n) is 11.5. The van der Waals surface area contributed by atoms with E-state index >= 15 is 0 Å². The van der Waals surface area contributed by atoms with Gasteiger partial charge in [0.2, 0.25) is 0 Å². The molecule has 0 aliphatic rings. The lowest BCUT2D eigenvalue weighted by Crippen LogP contribution is -2.40. The number of nitrogens with one attached hydrogen (secondary N) is 1. The van der Waals surface area contributed by atoms with Crippen LogP contribution in [0.4, 0.5) is 0 Å². The number of carbonyl (C=O) groups excluding carboxylic acids is 1. The Bertz CT molecular complexity index is 549. The van der Waals surface area contributed by atoms with Gasteiger partial charge in [0.25, 0.3) is 5.91 Å². The first-order valence-electron chi connectivity index (χ1n) is 6.45. The molecule has 20 heavy (non-hydrogen) atoms. The molecule has 3 N–H and O–H groups in total. The Morgan fingerprint density at radius 3 is 2.60 bits per heavy atom. The number of rotatable bonds is 5. The van der Waals surface area contributed by atoms with Crippen LogP contribution in [0.5, 0.6) is 0 Å². The maximum Gasteiger partial charge on any atom is 0.251 e. The molecule has 0 aliphatic heterocycles. The first-order valence-corrected chi connectivity index (χ1v) is 6.45. The van der Waals surface area contributed by atoms with Crippen molar-refractivity contribution in [2.45, 2.75) is 19.9 Å². The molecular formula is C13H18N6O. The first kappa shape index (κ1) is 14.1. The van der Waals surface area contributed by atoms with E-state index in [2.05, 4.69) is 20.8 Å². The van der Waals surface area contributed by atoms with Crippen molar-refractivity contribution < 1.29 is 4.79 Å². The molecule has 2 rings (SSSR count). The number of carbonyl (C=O) groups is 1. The number of nitrogens with zero attached hydrogens (tertiary/aromatic N) is 4. The number of nitrogens with two attached hydrogens (primary N) is 1. The lowest BCUT2D eigenvalue weighted by Gasteiger charge is -2.16. The Morgan fingerprint density at radius 1 is 1.35 bits per heavy atom. The summed E-state index contributed by atoms with van der Waals surface area (Å²) in [4.78, 5) is 12.0. The molecule has 1 heterocycles. The number of hydrogen-bond acceptors (Lipinski definition) is 5. The largest absolute Gasteiger partial charge is 0.350 e. The molecule has 0 spiro atoms. The average Bonchev–Trinajstić information content (AvgIpc) is 2.98. The molecule has 0 fully saturated rings. The van der Waals surface area contributed by atoms with E-state index < -0.39 is 0 Å². The molecule has 0 bridgehead atoms. The van der Waals surface area contributed by atoms with Crippen molar-refractivity contribution in [2.75, 3.05) is 6.54 Å². The highest BCUT2D eigenvalue weighted by Crippen LogP contribution is 2.07. The quantitative estimate of drug-likeness (QED) is 0.821. The molecule has 2 aromatic rings. The van der Waals surface area contributed by atoms with Crippen molar-refractivity contribution in [3.8, 4) is 5.69 Å². The zero-order chi connectivity index (χ0) is 14.5. The van der Waals surface area contributed by atoms with Crippen molar-refractivity contribution in [1.82, 2.24) is 25.5 Å². The Kier molecular flexibility index (Phi) is 4.41. The summed E-state index contributed by atoms with van der Waals surface area (Å²) in [7, 11) is 0. The fraction of sp³-hybridized carbons (Fsp3) is 0.385. The van der Waals surface area contributed by atoms with Crippen LogP contribution in [0, 0.1) is 5.92 Å². The molecule has 106 valence electrons. The molecule has 7 nitrogen and oxygen atoms in total. The SMILES string of the molecule is CC(C)C(N)CNC(=O)c1ccc(-n2cnnn2)cc1. The number of hydrogen-bond donors (Lipinski definition) is 2. The third-order valence-corrected chi connectivity index (χ3v) is 3.10. The molecule has 0 aliphatic carbocycles. The lowest BCUT2D eigenvalue weighted by atomic mass is 10.1. The van der Waals surface area contributed by atoms with E-state index in [1.807, 2.05) is 13.8 Å².